The average Bonchev–Trinajstić information content (AvgIpc) is 2.41. The van der Waals surface area contributed by atoms with Crippen molar-refractivity contribution < 1.29 is 0 Å². The Morgan fingerprint density at radius 2 is 2.70 bits per heavy atom. The third-order valence-corrected chi connectivity index (χ3v) is 3.28. The number of terminal acetylenes is 1. The minimum Gasteiger partial charge on any atom is -0.271 e. The van der Waals surface area contributed by atoms with Gasteiger partial charge in [-0.05, 0) is 0 Å². The molecule has 1 aliphatic rings. The van der Waals surface area contributed by atoms with Crippen LogP contribution in [0, 0.1) is 12.3 Å². The number of nitrogens with zero attached hydrogens (tertiary/aromatic N) is 1. The van der Waals surface area contributed by atoms with Crippen molar-refractivity contribution in [2.24, 2.45) is 4.99 Å². The van der Waals surface area contributed by atoms with Crippen LogP contribution < -0.4 is 0 Å². The number of thioether (sulfide) groups is 2. The van der Waals surface area contributed by atoms with Crippen molar-refractivity contribution in [3.8, 4) is 12.3 Å². The summed E-state index contributed by atoms with van der Waals surface area (Å²) in [7, 11) is 0. The van der Waals surface area contributed by atoms with Crippen molar-refractivity contribution in [1.29, 1.82) is 0 Å². The highest BCUT2D eigenvalue weighted by atomic mass is 32.2. The fourth-order valence-electron chi connectivity index (χ4n) is 0.600. The second-order valence-electron chi connectivity index (χ2n) is 1.80. The highest BCUT2D eigenvalue weighted by Gasteiger charge is 2.05. The lowest BCUT2D eigenvalue weighted by molar-refractivity contribution is 1.18. The number of hydrogen-bond acceptors (Lipinski definition) is 3. The first-order valence-electron chi connectivity index (χ1n) is 3.17. The minimum absolute atomic E-state index is 0.851. The zero-order valence-corrected chi connectivity index (χ0v) is 7.30. The van der Waals surface area contributed by atoms with Gasteiger partial charge < -0.3 is 0 Å². The van der Waals surface area contributed by atoms with Crippen LogP contribution >= 0.6 is 23.5 Å². The van der Waals surface area contributed by atoms with Gasteiger partial charge in [0.15, 0.2) is 0 Å². The van der Waals surface area contributed by atoms with Crippen LogP contribution in [-0.4, -0.2) is 22.4 Å². The first-order chi connectivity index (χ1) is 4.93. The third-order valence-electron chi connectivity index (χ3n) is 1.03. The van der Waals surface area contributed by atoms with Crippen molar-refractivity contribution in [2.75, 3.05) is 18.1 Å². The fourth-order valence-corrected chi connectivity index (χ4v) is 2.55. The van der Waals surface area contributed by atoms with E-state index >= 15 is 0 Å². The summed E-state index contributed by atoms with van der Waals surface area (Å²) in [5.41, 5.74) is 0. The predicted molar refractivity (Wildman–Crippen MR) is 50.7 cm³/mol. The van der Waals surface area contributed by atoms with Crippen molar-refractivity contribution in [1.82, 2.24) is 0 Å². The van der Waals surface area contributed by atoms with Crippen LogP contribution in [0.5, 0.6) is 0 Å². The van der Waals surface area contributed by atoms with Crippen molar-refractivity contribution in [3.05, 3.63) is 0 Å². The largest absolute Gasteiger partial charge is 0.271 e. The molecule has 0 spiro atoms. The summed E-state index contributed by atoms with van der Waals surface area (Å²) in [6, 6.07) is 0. The van der Waals surface area contributed by atoms with Crippen LogP contribution in [0.25, 0.3) is 0 Å². The quantitative estimate of drug-likeness (QED) is 0.464. The van der Waals surface area contributed by atoms with E-state index in [-0.39, 0.29) is 0 Å². The number of rotatable bonds is 2. The van der Waals surface area contributed by atoms with Crippen LogP contribution in [0.15, 0.2) is 4.99 Å². The Morgan fingerprint density at radius 3 is 3.30 bits per heavy atom. The van der Waals surface area contributed by atoms with Crippen molar-refractivity contribution >= 4 is 27.9 Å². The topological polar surface area (TPSA) is 12.4 Å². The molecule has 0 aliphatic carbocycles. The summed E-state index contributed by atoms with van der Waals surface area (Å²) >= 11 is 3.62. The standard InChI is InChI=1S/C7H9NS2/c1-2-3-5-9-7-8-4-6-10-7/h1H,3-6H2. The van der Waals surface area contributed by atoms with Crippen LogP contribution in [0.4, 0.5) is 0 Å². The molecule has 0 aromatic carbocycles. The molecule has 0 N–H and O–H groups in total. The third kappa shape index (κ3) is 2.68. The van der Waals surface area contributed by atoms with E-state index in [1.165, 1.54) is 4.38 Å². The Labute approximate surface area is 70.1 Å². The van der Waals surface area contributed by atoms with Gasteiger partial charge in [-0.15, -0.1) is 12.3 Å². The second kappa shape index (κ2) is 4.70. The molecule has 0 unspecified atom stereocenters. The molecule has 0 aromatic rings. The van der Waals surface area contributed by atoms with E-state index in [1.807, 2.05) is 11.8 Å². The molecule has 1 rings (SSSR count). The van der Waals surface area contributed by atoms with Gasteiger partial charge in [0.05, 0.1) is 6.54 Å². The second-order valence-corrected chi connectivity index (χ2v) is 4.22. The first-order valence-corrected chi connectivity index (χ1v) is 5.14. The molecule has 0 saturated heterocycles. The summed E-state index contributed by atoms with van der Waals surface area (Å²) in [6.45, 7) is 0.989. The van der Waals surface area contributed by atoms with Gasteiger partial charge >= 0.3 is 0 Å². The molecule has 1 nitrogen and oxygen atoms in total. The SMILES string of the molecule is C#CCCSC1=NCCS1. The summed E-state index contributed by atoms with van der Waals surface area (Å²) in [4.78, 5) is 4.28. The Morgan fingerprint density at radius 1 is 1.80 bits per heavy atom. The van der Waals surface area contributed by atoms with Crippen LogP contribution in [0.3, 0.4) is 0 Å². The zero-order chi connectivity index (χ0) is 7.23. The van der Waals surface area contributed by atoms with Gasteiger partial charge in [-0.25, -0.2) is 0 Å². The fraction of sp³-hybridized carbons (Fsp3) is 0.571. The van der Waals surface area contributed by atoms with Gasteiger partial charge in [-0.3, -0.25) is 4.99 Å². The van der Waals surface area contributed by atoms with Crippen LogP contribution in [0.1, 0.15) is 6.42 Å². The Bertz CT molecular complexity index is 169. The Balaban J connectivity index is 2.08. The van der Waals surface area contributed by atoms with E-state index in [9.17, 15) is 0 Å². The molecule has 0 fully saturated rings. The maximum Gasteiger partial charge on any atom is 0.124 e. The minimum atomic E-state index is 0.851. The number of aliphatic imine (C=N–C) groups is 1. The van der Waals surface area contributed by atoms with Gasteiger partial charge in [0.2, 0.25) is 0 Å². The predicted octanol–water partition coefficient (Wildman–Crippen LogP) is 1.85. The molecular weight excluding hydrogens is 162 g/mol. The van der Waals surface area contributed by atoms with E-state index in [4.69, 9.17) is 6.42 Å². The molecule has 0 saturated carbocycles. The summed E-state index contributed by atoms with van der Waals surface area (Å²) in [5.74, 6) is 4.77. The lowest BCUT2D eigenvalue weighted by atomic mass is 10.5. The normalized spacial score (nSPS) is 16.5. The smallest absolute Gasteiger partial charge is 0.124 e. The highest BCUT2D eigenvalue weighted by Crippen LogP contribution is 2.21. The maximum atomic E-state index is 5.10. The van der Waals surface area contributed by atoms with Gasteiger partial charge in [-0.2, -0.15) is 0 Å². The summed E-state index contributed by atoms with van der Waals surface area (Å²) in [6.07, 6.45) is 5.95. The van der Waals surface area contributed by atoms with Crippen molar-refractivity contribution in [2.45, 2.75) is 6.42 Å². The molecule has 0 aromatic heterocycles. The van der Waals surface area contributed by atoms with E-state index in [2.05, 4.69) is 10.9 Å². The molecular formula is C7H9NS2. The molecule has 0 bridgehead atoms. The van der Waals surface area contributed by atoms with Gasteiger partial charge in [-0.1, -0.05) is 23.5 Å². The van der Waals surface area contributed by atoms with Crippen LogP contribution in [0.2, 0.25) is 0 Å². The lowest BCUT2D eigenvalue weighted by Crippen LogP contribution is -1.82. The highest BCUT2D eigenvalue weighted by molar-refractivity contribution is 8.39. The van der Waals surface area contributed by atoms with E-state index in [0.29, 0.717) is 0 Å². The van der Waals surface area contributed by atoms with E-state index in [1.54, 1.807) is 11.8 Å². The zero-order valence-electron chi connectivity index (χ0n) is 5.67. The van der Waals surface area contributed by atoms with E-state index < -0.39 is 0 Å². The van der Waals surface area contributed by atoms with Gasteiger partial charge in [0, 0.05) is 17.9 Å². The molecule has 3 heteroatoms. The average molecular weight is 171 g/mol. The monoisotopic (exact) mass is 171 g/mol. The Kier molecular flexibility index (Phi) is 3.77. The molecule has 1 heterocycles. The lowest BCUT2D eigenvalue weighted by Gasteiger charge is -1.93. The molecule has 1 aliphatic heterocycles. The maximum absolute atomic E-state index is 5.10. The summed E-state index contributed by atoms with van der Waals surface area (Å²) < 4.78 is 1.22. The van der Waals surface area contributed by atoms with Crippen LogP contribution in [-0.2, 0) is 0 Å². The molecule has 10 heavy (non-hydrogen) atoms. The molecule has 0 radical (unpaired) electrons. The molecule has 54 valence electrons. The number of hydrogen-bond donors (Lipinski definition) is 0. The Hall–Kier alpha value is -0.0700. The van der Waals surface area contributed by atoms with Crippen molar-refractivity contribution in [3.63, 3.8) is 0 Å². The van der Waals surface area contributed by atoms with E-state index in [0.717, 1.165) is 24.5 Å². The summed E-state index contributed by atoms with van der Waals surface area (Å²) in [5, 5.41) is 0. The molecule has 0 amide bonds. The first kappa shape index (κ1) is 8.03. The van der Waals surface area contributed by atoms with Gasteiger partial charge in [0.1, 0.15) is 4.38 Å². The molecule has 0 atom stereocenters. The van der Waals surface area contributed by atoms with Gasteiger partial charge in [0.25, 0.3) is 0 Å².